The van der Waals surface area contributed by atoms with Crippen LogP contribution < -0.4 is 0 Å². The van der Waals surface area contributed by atoms with Crippen LogP contribution in [0.1, 0.15) is 37.6 Å². The third kappa shape index (κ3) is 3.38. The van der Waals surface area contributed by atoms with Crippen molar-refractivity contribution in [3.63, 3.8) is 0 Å². The van der Waals surface area contributed by atoms with E-state index in [9.17, 15) is 5.11 Å². The van der Waals surface area contributed by atoms with Crippen LogP contribution in [0.3, 0.4) is 0 Å². The average Bonchev–Trinajstić information content (AvgIpc) is 2.53. The number of nitrogens with zero attached hydrogens (tertiary/aromatic N) is 3. The number of likely N-dealkylation sites (tertiary alicyclic amines) is 1. The molecule has 0 amide bonds. The third-order valence-electron chi connectivity index (χ3n) is 4.14. The molecular formula is C14H24BrN3O. The predicted molar refractivity (Wildman–Crippen MR) is 80.3 cm³/mol. The average molecular weight is 330 g/mol. The fourth-order valence-electron chi connectivity index (χ4n) is 2.81. The van der Waals surface area contributed by atoms with Crippen LogP contribution in [0.15, 0.2) is 4.47 Å². The second kappa shape index (κ2) is 5.94. The standard InChI is InChI=1S/C14H24BrN3O/c1-4-11-13(15)12(18(3)16-11)10-14(19)6-5-8-17(2)9-7-14/h19H,4-10H2,1-3H3. The molecule has 0 aromatic carbocycles. The van der Waals surface area contributed by atoms with E-state index in [4.69, 9.17) is 0 Å². The fourth-order valence-corrected chi connectivity index (χ4v) is 3.57. The van der Waals surface area contributed by atoms with Gasteiger partial charge in [0, 0.05) is 20.0 Å². The predicted octanol–water partition coefficient (Wildman–Crippen LogP) is 2.13. The van der Waals surface area contributed by atoms with Gasteiger partial charge in [0.2, 0.25) is 0 Å². The van der Waals surface area contributed by atoms with Gasteiger partial charge in [-0.3, -0.25) is 4.68 Å². The number of aryl methyl sites for hydroxylation is 2. The first-order valence-electron chi connectivity index (χ1n) is 7.06. The Morgan fingerprint density at radius 2 is 2.05 bits per heavy atom. The smallest absolute Gasteiger partial charge is 0.0766 e. The van der Waals surface area contributed by atoms with E-state index >= 15 is 0 Å². The van der Waals surface area contributed by atoms with Crippen LogP contribution in [0.4, 0.5) is 0 Å². The van der Waals surface area contributed by atoms with E-state index in [1.165, 1.54) is 0 Å². The summed E-state index contributed by atoms with van der Waals surface area (Å²) in [6, 6.07) is 0. The van der Waals surface area contributed by atoms with Gasteiger partial charge in [0.05, 0.1) is 21.5 Å². The lowest BCUT2D eigenvalue weighted by atomic mass is 9.89. The molecule has 0 saturated carbocycles. The Hall–Kier alpha value is -0.390. The molecular weight excluding hydrogens is 306 g/mol. The van der Waals surface area contributed by atoms with Crippen molar-refractivity contribution < 1.29 is 5.11 Å². The Balaban J connectivity index is 2.17. The third-order valence-corrected chi connectivity index (χ3v) is 5.06. The molecule has 2 rings (SSSR count). The van der Waals surface area contributed by atoms with Crippen molar-refractivity contribution in [2.45, 2.75) is 44.6 Å². The fraction of sp³-hybridized carbons (Fsp3) is 0.786. The van der Waals surface area contributed by atoms with Crippen LogP contribution in [-0.4, -0.2) is 45.5 Å². The van der Waals surface area contributed by atoms with Gasteiger partial charge < -0.3 is 10.0 Å². The lowest BCUT2D eigenvalue weighted by Crippen LogP contribution is -2.33. The van der Waals surface area contributed by atoms with Crippen LogP contribution in [-0.2, 0) is 19.9 Å². The van der Waals surface area contributed by atoms with E-state index in [1.807, 2.05) is 11.7 Å². The molecule has 1 saturated heterocycles. The zero-order valence-corrected chi connectivity index (χ0v) is 13.7. The molecule has 4 nitrogen and oxygen atoms in total. The highest BCUT2D eigenvalue weighted by molar-refractivity contribution is 9.10. The van der Waals surface area contributed by atoms with E-state index in [-0.39, 0.29) is 0 Å². The van der Waals surface area contributed by atoms with Crippen molar-refractivity contribution in [3.8, 4) is 0 Å². The number of hydrogen-bond acceptors (Lipinski definition) is 3. The van der Waals surface area contributed by atoms with E-state index in [0.29, 0.717) is 6.42 Å². The summed E-state index contributed by atoms with van der Waals surface area (Å²) in [4.78, 5) is 2.30. The van der Waals surface area contributed by atoms with Crippen molar-refractivity contribution in [1.82, 2.24) is 14.7 Å². The Labute approximate surface area is 123 Å². The summed E-state index contributed by atoms with van der Waals surface area (Å²) in [5, 5.41) is 15.4. The normalized spacial score (nSPS) is 25.5. The van der Waals surface area contributed by atoms with Gasteiger partial charge in [-0.25, -0.2) is 0 Å². The molecule has 0 bridgehead atoms. The summed E-state index contributed by atoms with van der Waals surface area (Å²) < 4.78 is 2.98. The van der Waals surface area contributed by atoms with Crippen molar-refractivity contribution in [3.05, 3.63) is 15.9 Å². The molecule has 0 spiro atoms. The number of aromatic nitrogens is 2. The summed E-state index contributed by atoms with van der Waals surface area (Å²) in [5.41, 5.74) is 1.60. The molecule has 1 N–H and O–H groups in total. The quantitative estimate of drug-likeness (QED) is 0.923. The maximum atomic E-state index is 10.9. The molecule has 1 fully saturated rings. The van der Waals surface area contributed by atoms with Gasteiger partial charge >= 0.3 is 0 Å². The summed E-state index contributed by atoms with van der Waals surface area (Å²) in [5.74, 6) is 0. The highest BCUT2D eigenvalue weighted by atomic mass is 79.9. The number of hydrogen-bond donors (Lipinski definition) is 1. The Kier molecular flexibility index (Phi) is 4.69. The number of rotatable bonds is 3. The van der Waals surface area contributed by atoms with Gasteiger partial charge in [-0.15, -0.1) is 0 Å². The van der Waals surface area contributed by atoms with Crippen LogP contribution in [0.2, 0.25) is 0 Å². The molecule has 1 aliphatic heterocycles. The lowest BCUT2D eigenvalue weighted by Gasteiger charge is -2.26. The Morgan fingerprint density at radius 3 is 2.68 bits per heavy atom. The zero-order valence-electron chi connectivity index (χ0n) is 12.1. The van der Waals surface area contributed by atoms with Crippen LogP contribution in [0, 0.1) is 0 Å². The second-order valence-electron chi connectivity index (χ2n) is 5.74. The number of aliphatic hydroxyl groups is 1. The molecule has 2 heterocycles. The van der Waals surface area contributed by atoms with Crippen LogP contribution in [0.25, 0.3) is 0 Å². The zero-order chi connectivity index (χ0) is 14.0. The lowest BCUT2D eigenvalue weighted by molar-refractivity contribution is 0.0244. The summed E-state index contributed by atoms with van der Waals surface area (Å²) in [6.45, 7) is 4.15. The molecule has 108 valence electrons. The monoisotopic (exact) mass is 329 g/mol. The second-order valence-corrected chi connectivity index (χ2v) is 6.54. The topological polar surface area (TPSA) is 41.3 Å². The number of halogens is 1. The van der Waals surface area contributed by atoms with Gasteiger partial charge in [0.15, 0.2) is 0 Å². The maximum Gasteiger partial charge on any atom is 0.0766 e. The van der Waals surface area contributed by atoms with Crippen molar-refractivity contribution in [1.29, 1.82) is 0 Å². The molecule has 1 unspecified atom stereocenters. The van der Waals surface area contributed by atoms with Gasteiger partial charge in [0.1, 0.15) is 0 Å². The molecule has 0 aliphatic carbocycles. The highest BCUT2D eigenvalue weighted by Crippen LogP contribution is 2.30. The van der Waals surface area contributed by atoms with Gasteiger partial charge in [-0.1, -0.05) is 6.92 Å². The molecule has 5 heteroatoms. The van der Waals surface area contributed by atoms with Crippen molar-refractivity contribution in [2.24, 2.45) is 7.05 Å². The van der Waals surface area contributed by atoms with E-state index < -0.39 is 5.60 Å². The van der Waals surface area contributed by atoms with Crippen molar-refractivity contribution >= 4 is 15.9 Å². The van der Waals surface area contributed by atoms with Crippen LogP contribution in [0.5, 0.6) is 0 Å². The first-order chi connectivity index (χ1) is 8.95. The van der Waals surface area contributed by atoms with Gasteiger partial charge in [-0.2, -0.15) is 5.10 Å². The highest BCUT2D eigenvalue weighted by Gasteiger charge is 2.32. The molecule has 1 aromatic heterocycles. The minimum absolute atomic E-state index is 0.591. The molecule has 0 radical (unpaired) electrons. The minimum atomic E-state index is -0.591. The first-order valence-corrected chi connectivity index (χ1v) is 7.85. The maximum absolute atomic E-state index is 10.9. The minimum Gasteiger partial charge on any atom is -0.389 e. The van der Waals surface area contributed by atoms with Crippen LogP contribution >= 0.6 is 15.9 Å². The SMILES string of the molecule is CCc1nn(C)c(CC2(O)CCCN(C)CC2)c1Br. The largest absolute Gasteiger partial charge is 0.389 e. The van der Waals surface area contributed by atoms with Crippen molar-refractivity contribution in [2.75, 3.05) is 20.1 Å². The molecule has 1 aromatic rings. The summed E-state index contributed by atoms with van der Waals surface area (Å²) in [7, 11) is 4.09. The summed E-state index contributed by atoms with van der Waals surface area (Å²) >= 11 is 3.64. The molecule has 19 heavy (non-hydrogen) atoms. The van der Waals surface area contributed by atoms with Gasteiger partial charge in [-0.05, 0) is 55.2 Å². The Bertz CT molecular complexity index is 446. The Morgan fingerprint density at radius 1 is 1.32 bits per heavy atom. The van der Waals surface area contributed by atoms with Gasteiger partial charge in [0.25, 0.3) is 0 Å². The molecule has 1 aliphatic rings. The van der Waals surface area contributed by atoms with E-state index in [1.54, 1.807) is 0 Å². The van der Waals surface area contributed by atoms with E-state index in [0.717, 1.165) is 54.6 Å². The summed E-state index contributed by atoms with van der Waals surface area (Å²) in [6.07, 6.45) is 4.36. The first kappa shape index (κ1) is 15.0. The molecule has 1 atom stereocenters. The van der Waals surface area contributed by atoms with E-state index in [2.05, 4.69) is 39.9 Å².